The maximum atomic E-state index is 7.12. The summed E-state index contributed by atoms with van der Waals surface area (Å²) in [5.41, 5.74) is 11.5. The van der Waals surface area contributed by atoms with Crippen LogP contribution in [0.3, 0.4) is 0 Å². The van der Waals surface area contributed by atoms with Gasteiger partial charge in [0.25, 0.3) is 0 Å². The van der Waals surface area contributed by atoms with Crippen LogP contribution in [0.1, 0.15) is 22.3 Å². The van der Waals surface area contributed by atoms with Crippen LogP contribution in [0, 0.1) is 0 Å². The minimum Gasteiger partial charge on any atom is -0.456 e. The summed E-state index contributed by atoms with van der Waals surface area (Å²) in [6, 6.07) is 66.0. The lowest BCUT2D eigenvalue weighted by Gasteiger charge is -2.40. The zero-order valence-corrected chi connectivity index (χ0v) is 29.1. The van der Waals surface area contributed by atoms with Gasteiger partial charge in [-0.1, -0.05) is 182 Å². The molecule has 252 valence electrons. The fourth-order valence-electron chi connectivity index (χ4n) is 8.75. The van der Waals surface area contributed by atoms with Gasteiger partial charge in [0.2, 0.25) is 0 Å². The van der Waals surface area contributed by atoms with E-state index in [1.165, 1.54) is 22.3 Å². The van der Waals surface area contributed by atoms with Crippen LogP contribution in [0.15, 0.2) is 188 Å². The second kappa shape index (κ2) is 11.9. The van der Waals surface area contributed by atoms with Crippen molar-refractivity contribution in [2.75, 3.05) is 0 Å². The summed E-state index contributed by atoms with van der Waals surface area (Å²) in [7, 11) is 0. The van der Waals surface area contributed by atoms with Crippen molar-refractivity contribution in [1.29, 1.82) is 0 Å². The van der Waals surface area contributed by atoms with Crippen LogP contribution in [-0.4, -0.2) is 15.0 Å². The van der Waals surface area contributed by atoms with E-state index in [0.717, 1.165) is 61.2 Å². The van der Waals surface area contributed by atoms with Crippen molar-refractivity contribution >= 4 is 10.8 Å². The largest absolute Gasteiger partial charge is 0.456 e. The summed E-state index contributed by atoms with van der Waals surface area (Å²) in [6.45, 7) is 0. The lowest BCUT2D eigenvalue weighted by molar-refractivity contribution is 0.438. The van der Waals surface area contributed by atoms with Crippen molar-refractivity contribution in [2.24, 2.45) is 0 Å². The third-order valence-electron chi connectivity index (χ3n) is 11.0. The van der Waals surface area contributed by atoms with Gasteiger partial charge < -0.3 is 4.74 Å². The number of rotatable bonds is 4. The topological polar surface area (TPSA) is 47.9 Å². The Morgan fingerprint density at radius 2 is 0.870 bits per heavy atom. The van der Waals surface area contributed by atoms with Crippen LogP contribution in [0.2, 0.25) is 0 Å². The quantitative estimate of drug-likeness (QED) is 0.185. The Kier molecular flexibility index (Phi) is 6.73. The van der Waals surface area contributed by atoms with Crippen molar-refractivity contribution in [3.05, 3.63) is 210 Å². The van der Waals surface area contributed by atoms with Gasteiger partial charge in [0, 0.05) is 33.4 Å². The fourth-order valence-corrected chi connectivity index (χ4v) is 8.75. The van der Waals surface area contributed by atoms with Gasteiger partial charge in [0.1, 0.15) is 11.5 Å². The first kappa shape index (κ1) is 30.5. The summed E-state index contributed by atoms with van der Waals surface area (Å²) in [4.78, 5) is 15.5. The van der Waals surface area contributed by atoms with Gasteiger partial charge in [-0.25, -0.2) is 15.0 Å². The lowest BCUT2D eigenvalue weighted by Crippen LogP contribution is -2.32. The number of ether oxygens (including phenoxy) is 1. The Morgan fingerprint density at radius 1 is 0.352 bits per heavy atom. The maximum absolute atomic E-state index is 7.12. The van der Waals surface area contributed by atoms with Crippen molar-refractivity contribution in [1.82, 2.24) is 15.0 Å². The smallest absolute Gasteiger partial charge is 0.165 e. The molecule has 0 radical (unpaired) electrons. The second-order valence-corrected chi connectivity index (χ2v) is 13.9. The maximum Gasteiger partial charge on any atom is 0.165 e. The standard InChI is InChI=1S/C50H31N3O/c1-3-17-33(18-4-1)47-51-48(34-19-5-2-6-20-34)53-49(52-47)45-35-21-8-7-16-32(35)30-31-38(45)39-24-15-28-43-46(39)54-44-29-14-13-27-42(44)50(43)40-25-11-9-22-36(40)37-23-10-12-26-41(37)50/h1-31H. The van der Waals surface area contributed by atoms with E-state index in [0.29, 0.717) is 17.5 Å². The number of hydrogen-bond donors (Lipinski definition) is 0. The molecule has 1 aliphatic carbocycles. The number of hydrogen-bond acceptors (Lipinski definition) is 4. The van der Waals surface area contributed by atoms with Gasteiger partial charge in [0.15, 0.2) is 17.5 Å². The molecule has 0 saturated heterocycles. The third-order valence-corrected chi connectivity index (χ3v) is 11.0. The highest BCUT2D eigenvalue weighted by molar-refractivity contribution is 6.04. The molecule has 8 aromatic carbocycles. The second-order valence-electron chi connectivity index (χ2n) is 13.9. The van der Waals surface area contributed by atoms with Crippen molar-refractivity contribution in [2.45, 2.75) is 5.41 Å². The predicted molar refractivity (Wildman–Crippen MR) is 216 cm³/mol. The van der Waals surface area contributed by atoms with E-state index in [9.17, 15) is 0 Å². The SMILES string of the molecule is c1ccc(-c2nc(-c3ccccc3)nc(-c3c(-c4cccc5c4Oc4ccccc4C54c5ccccc5-c5ccccc54)ccc4ccccc34)n2)cc1. The normalized spacial score (nSPS) is 13.1. The molecule has 1 aromatic heterocycles. The van der Waals surface area contributed by atoms with Gasteiger partial charge >= 0.3 is 0 Å². The number of aromatic nitrogens is 3. The summed E-state index contributed by atoms with van der Waals surface area (Å²) >= 11 is 0. The Bertz CT molecular complexity index is 2820. The molecular formula is C50H31N3O. The van der Waals surface area contributed by atoms with Gasteiger partial charge in [-0.3, -0.25) is 0 Å². The van der Waals surface area contributed by atoms with Crippen LogP contribution in [0.5, 0.6) is 11.5 Å². The van der Waals surface area contributed by atoms with E-state index in [1.54, 1.807) is 0 Å². The number of benzene rings is 8. The Morgan fingerprint density at radius 3 is 1.56 bits per heavy atom. The first-order valence-corrected chi connectivity index (χ1v) is 18.3. The Labute approximate surface area is 313 Å². The molecule has 2 heterocycles. The van der Waals surface area contributed by atoms with Crippen LogP contribution < -0.4 is 4.74 Å². The number of fused-ring (bicyclic) bond motifs is 10. The molecule has 1 spiro atoms. The monoisotopic (exact) mass is 689 g/mol. The molecule has 0 fully saturated rings. The molecular weight excluding hydrogens is 659 g/mol. The van der Waals surface area contributed by atoms with Gasteiger partial charge in [-0.05, 0) is 44.7 Å². The van der Waals surface area contributed by atoms with E-state index in [-0.39, 0.29) is 0 Å². The fraction of sp³-hybridized carbons (Fsp3) is 0.0200. The van der Waals surface area contributed by atoms with Crippen LogP contribution in [-0.2, 0) is 5.41 Å². The molecule has 0 N–H and O–H groups in total. The van der Waals surface area contributed by atoms with E-state index in [2.05, 4.69) is 127 Å². The molecule has 9 aromatic rings. The molecule has 0 unspecified atom stereocenters. The highest BCUT2D eigenvalue weighted by atomic mass is 16.5. The van der Waals surface area contributed by atoms with Crippen molar-refractivity contribution in [3.63, 3.8) is 0 Å². The molecule has 4 heteroatoms. The molecule has 0 atom stereocenters. The van der Waals surface area contributed by atoms with Gasteiger partial charge in [-0.2, -0.15) is 0 Å². The van der Waals surface area contributed by atoms with Crippen molar-refractivity contribution in [3.8, 4) is 67.9 Å². The molecule has 2 aliphatic rings. The molecule has 11 rings (SSSR count). The van der Waals surface area contributed by atoms with Gasteiger partial charge in [-0.15, -0.1) is 0 Å². The molecule has 4 nitrogen and oxygen atoms in total. The summed E-state index contributed by atoms with van der Waals surface area (Å²) in [6.07, 6.45) is 0. The van der Waals surface area contributed by atoms with Crippen molar-refractivity contribution < 1.29 is 4.74 Å². The lowest BCUT2D eigenvalue weighted by atomic mass is 9.65. The minimum atomic E-state index is -0.571. The molecule has 0 saturated carbocycles. The first-order chi connectivity index (χ1) is 26.8. The minimum absolute atomic E-state index is 0.571. The van der Waals surface area contributed by atoms with E-state index in [4.69, 9.17) is 19.7 Å². The highest BCUT2D eigenvalue weighted by Gasteiger charge is 2.51. The number of nitrogens with zero attached hydrogens (tertiary/aromatic N) is 3. The molecule has 1 aliphatic heterocycles. The zero-order chi connectivity index (χ0) is 35.6. The van der Waals surface area contributed by atoms with E-state index >= 15 is 0 Å². The highest BCUT2D eigenvalue weighted by Crippen LogP contribution is 2.63. The summed E-state index contributed by atoms with van der Waals surface area (Å²) in [5.74, 6) is 3.53. The Hall–Kier alpha value is -7.17. The first-order valence-electron chi connectivity index (χ1n) is 18.3. The summed E-state index contributed by atoms with van der Waals surface area (Å²) in [5, 5.41) is 2.16. The van der Waals surface area contributed by atoms with Gasteiger partial charge in [0.05, 0.1) is 5.41 Å². The molecule has 54 heavy (non-hydrogen) atoms. The molecule has 0 bridgehead atoms. The zero-order valence-electron chi connectivity index (χ0n) is 29.1. The summed E-state index contributed by atoms with van der Waals surface area (Å²) < 4.78 is 7.12. The van der Waals surface area contributed by atoms with E-state index < -0.39 is 5.41 Å². The van der Waals surface area contributed by atoms with Crippen LogP contribution >= 0.6 is 0 Å². The average molecular weight is 690 g/mol. The third kappa shape index (κ3) is 4.40. The predicted octanol–water partition coefficient (Wildman–Crippen LogP) is 12.2. The average Bonchev–Trinajstić information content (AvgIpc) is 3.54. The number of para-hydroxylation sites is 2. The van der Waals surface area contributed by atoms with Crippen LogP contribution in [0.25, 0.3) is 67.2 Å². The van der Waals surface area contributed by atoms with E-state index in [1.807, 2.05) is 60.7 Å². The Balaban J connectivity index is 1.23. The molecule has 0 amide bonds. The van der Waals surface area contributed by atoms with Crippen LogP contribution in [0.4, 0.5) is 0 Å².